The van der Waals surface area contributed by atoms with Gasteiger partial charge >= 0.3 is 0 Å². The maximum atomic E-state index is 11.7. The standard InChI is InChI=1S/C8H11N7O/c1-5-3-6(15(2)12-5)8(16)9-4-7-10-13-14-11-7/h3H,4H2,1-2H3,(H,9,16)(H,10,11,13,14). The van der Waals surface area contributed by atoms with Crippen molar-refractivity contribution in [3.63, 3.8) is 0 Å². The van der Waals surface area contributed by atoms with E-state index in [-0.39, 0.29) is 12.5 Å². The number of hydrogen-bond donors (Lipinski definition) is 2. The predicted octanol–water partition coefficient (Wildman–Crippen LogP) is -0.828. The molecule has 0 radical (unpaired) electrons. The molecule has 8 heteroatoms. The normalized spacial score (nSPS) is 10.4. The van der Waals surface area contributed by atoms with Gasteiger partial charge in [-0.25, -0.2) is 0 Å². The van der Waals surface area contributed by atoms with E-state index in [1.807, 2.05) is 6.92 Å². The van der Waals surface area contributed by atoms with Crippen molar-refractivity contribution < 1.29 is 4.79 Å². The number of carbonyl (C=O) groups is 1. The highest BCUT2D eigenvalue weighted by Crippen LogP contribution is 2.01. The molecule has 0 unspecified atom stereocenters. The fraction of sp³-hybridized carbons (Fsp3) is 0.375. The maximum Gasteiger partial charge on any atom is 0.269 e. The SMILES string of the molecule is Cc1cc(C(=O)NCc2nn[nH]n2)n(C)n1. The minimum absolute atomic E-state index is 0.215. The van der Waals surface area contributed by atoms with Crippen LogP contribution in [0.25, 0.3) is 0 Å². The van der Waals surface area contributed by atoms with Crippen LogP contribution in [0.5, 0.6) is 0 Å². The van der Waals surface area contributed by atoms with Crippen molar-refractivity contribution >= 4 is 5.91 Å². The smallest absolute Gasteiger partial charge is 0.269 e. The van der Waals surface area contributed by atoms with Crippen LogP contribution >= 0.6 is 0 Å². The summed E-state index contributed by atoms with van der Waals surface area (Å²) in [6.45, 7) is 2.07. The van der Waals surface area contributed by atoms with E-state index in [1.165, 1.54) is 4.68 Å². The number of rotatable bonds is 3. The van der Waals surface area contributed by atoms with Gasteiger partial charge in [-0.1, -0.05) is 5.21 Å². The Hall–Kier alpha value is -2.25. The molecule has 0 aromatic carbocycles. The molecule has 2 aromatic rings. The van der Waals surface area contributed by atoms with E-state index < -0.39 is 0 Å². The van der Waals surface area contributed by atoms with Crippen molar-refractivity contribution in [1.29, 1.82) is 0 Å². The molecule has 0 bridgehead atoms. The molecule has 0 atom stereocenters. The minimum Gasteiger partial charge on any atom is -0.343 e. The first-order valence-electron chi connectivity index (χ1n) is 4.68. The molecule has 2 aromatic heterocycles. The second-order valence-electron chi connectivity index (χ2n) is 3.31. The van der Waals surface area contributed by atoms with Gasteiger partial charge in [0.05, 0.1) is 12.2 Å². The Balaban J connectivity index is 2.01. The molecule has 0 aliphatic rings. The first kappa shape index (κ1) is 10.3. The molecule has 2 rings (SSSR count). The molecule has 0 spiro atoms. The Morgan fingerprint density at radius 1 is 1.62 bits per heavy atom. The van der Waals surface area contributed by atoms with Crippen LogP contribution in [0.4, 0.5) is 0 Å². The number of aromatic nitrogens is 6. The Morgan fingerprint density at radius 3 is 3.00 bits per heavy atom. The van der Waals surface area contributed by atoms with Crippen molar-refractivity contribution in [2.24, 2.45) is 7.05 Å². The zero-order chi connectivity index (χ0) is 11.5. The van der Waals surface area contributed by atoms with Gasteiger partial charge in [-0.15, -0.1) is 10.2 Å². The first-order chi connectivity index (χ1) is 7.66. The molecule has 0 fully saturated rings. The number of hydrogen-bond acceptors (Lipinski definition) is 5. The number of amides is 1. The molecule has 0 aliphatic carbocycles. The van der Waals surface area contributed by atoms with Crippen molar-refractivity contribution in [1.82, 2.24) is 35.7 Å². The molecule has 84 valence electrons. The number of nitrogens with one attached hydrogen (secondary N) is 2. The van der Waals surface area contributed by atoms with Crippen LogP contribution < -0.4 is 5.32 Å². The number of carbonyl (C=O) groups excluding carboxylic acids is 1. The third-order valence-electron chi connectivity index (χ3n) is 2.03. The van der Waals surface area contributed by atoms with Crippen LogP contribution in [0.15, 0.2) is 6.07 Å². The van der Waals surface area contributed by atoms with Crippen molar-refractivity contribution in [3.8, 4) is 0 Å². The number of H-pyrrole nitrogens is 1. The van der Waals surface area contributed by atoms with E-state index in [1.54, 1.807) is 13.1 Å². The molecule has 2 N–H and O–H groups in total. The van der Waals surface area contributed by atoms with Crippen LogP contribution in [0, 0.1) is 6.92 Å². The molecular weight excluding hydrogens is 210 g/mol. The number of aryl methyl sites for hydroxylation is 2. The summed E-state index contributed by atoms with van der Waals surface area (Å²) in [4.78, 5) is 11.7. The zero-order valence-corrected chi connectivity index (χ0v) is 8.93. The molecule has 1 amide bonds. The summed E-state index contributed by atoms with van der Waals surface area (Å²) in [5.74, 6) is 0.222. The Kier molecular flexibility index (Phi) is 2.63. The topological polar surface area (TPSA) is 101 Å². The second kappa shape index (κ2) is 4.09. The second-order valence-corrected chi connectivity index (χ2v) is 3.31. The molecule has 16 heavy (non-hydrogen) atoms. The summed E-state index contributed by atoms with van der Waals surface area (Å²) >= 11 is 0. The highest BCUT2D eigenvalue weighted by atomic mass is 16.2. The van der Waals surface area contributed by atoms with Gasteiger partial charge in [0.1, 0.15) is 5.69 Å². The summed E-state index contributed by atoms with van der Waals surface area (Å²) in [6.07, 6.45) is 0. The van der Waals surface area contributed by atoms with E-state index in [0.29, 0.717) is 11.5 Å². The lowest BCUT2D eigenvalue weighted by atomic mass is 10.3. The third kappa shape index (κ3) is 2.05. The molecular formula is C8H11N7O. The molecule has 0 saturated heterocycles. The van der Waals surface area contributed by atoms with Gasteiger partial charge in [0.25, 0.3) is 5.91 Å². The third-order valence-corrected chi connectivity index (χ3v) is 2.03. The molecule has 2 heterocycles. The minimum atomic E-state index is -0.215. The lowest BCUT2D eigenvalue weighted by Crippen LogP contribution is -2.25. The van der Waals surface area contributed by atoms with E-state index in [0.717, 1.165) is 5.69 Å². The fourth-order valence-corrected chi connectivity index (χ4v) is 1.33. The lowest BCUT2D eigenvalue weighted by molar-refractivity contribution is 0.0940. The summed E-state index contributed by atoms with van der Waals surface area (Å²) in [5.41, 5.74) is 1.30. The summed E-state index contributed by atoms with van der Waals surface area (Å²) in [6, 6.07) is 1.71. The zero-order valence-electron chi connectivity index (χ0n) is 8.93. The summed E-state index contributed by atoms with van der Waals surface area (Å²) < 4.78 is 1.53. The first-order valence-corrected chi connectivity index (χ1v) is 4.68. The van der Waals surface area contributed by atoms with E-state index >= 15 is 0 Å². The number of nitrogens with zero attached hydrogens (tertiary/aromatic N) is 5. The van der Waals surface area contributed by atoms with Crippen LogP contribution in [-0.4, -0.2) is 36.3 Å². The van der Waals surface area contributed by atoms with Crippen LogP contribution in [-0.2, 0) is 13.6 Å². The largest absolute Gasteiger partial charge is 0.343 e. The van der Waals surface area contributed by atoms with Gasteiger partial charge in [-0.3, -0.25) is 9.48 Å². The van der Waals surface area contributed by atoms with Gasteiger partial charge in [-0.2, -0.15) is 10.3 Å². The van der Waals surface area contributed by atoms with Gasteiger partial charge in [0.15, 0.2) is 5.82 Å². The number of aromatic amines is 1. The van der Waals surface area contributed by atoms with Crippen molar-refractivity contribution in [3.05, 3.63) is 23.3 Å². The molecule has 0 saturated carbocycles. The average molecular weight is 221 g/mol. The lowest BCUT2D eigenvalue weighted by Gasteiger charge is -2.01. The van der Waals surface area contributed by atoms with Gasteiger partial charge in [0.2, 0.25) is 0 Å². The van der Waals surface area contributed by atoms with Crippen molar-refractivity contribution in [2.75, 3.05) is 0 Å². The summed E-state index contributed by atoms with van der Waals surface area (Å²) in [7, 11) is 1.72. The van der Waals surface area contributed by atoms with E-state index in [2.05, 4.69) is 31.0 Å². The van der Waals surface area contributed by atoms with E-state index in [4.69, 9.17) is 0 Å². The van der Waals surface area contributed by atoms with Crippen LogP contribution in [0.3, 0.4) is 0 Å². The van der Waals surface area contributed by atoms with Crippen LogP contribution in [0.1, 0.15) is 22.0 Å². The highest BCUT2D eigenvalue weighted by molar-refractivity contribution is 5.92. The van der Waals surface area contributed by atoms with Crippen LogP contribution in [0.2, 0.25) is 0 Å². The van der Waals surface area contributed by atoms with Gasteiger partial charge < -0.3 is 5.32 Å². The Bertz CT molecular complexity index is 486. The van der Waals surface area contributed by atoms with Gasteiger partial charge in [0, 0.05) is 7.05 Å². The fourth-order valence-electron chi connectivity index (χ4n) is 1.33. The predicted molar refractivity (Wildman–Crippen MR) is 53.3 cm³/mol. The quantitative estimate of drug-likeness (QED) is 0.704. The van der Waals surface area contributed by atoms with Crippen molar-refractivity contribution in [2.45, 2.75) is 13.5 Å². The average Bonchev–Trinajstić information content (AvgIpc) is 2.84. The number of tetrazole rings is 1. The Morgan fingerprint density at radius 2 is 2.44 bits per heavy atom. The van der Waals surface area contributed by atoms with Gasteiger partial charge in [-0.05, 0) is 13.0 Å². The van der Waals surface area contributed by atoms with E-state index in [9.17, 15) is 4.79 Å². The summed E-state index contributed by atoms with van der Waals surface area (Å²) in [5, 5.41) is 19.9. The Labute approximate surface area is 91.0 Å². The highest BCUT2D eigenvalue weighted by Gasteiger charge is 2.11. The monoisotopic (exact) mass is 221 g/mol. The maximum absolute atomic E-state index is 11.7. The molecule has 8 nitrogen and oxygen atoms in total. The molecule has 0 aliphatic heterocycles.